The van der Waals surface area contributed by atoms with Crippen LogP contribution >= 0.6 is 0 Å². The Morgan fingerprint density at radius 1 is 1.06 bits per heavy atom. The average Bonchev–Trinajstić information content (AvgIpc) is 2.32. The predicted octanol–water partition coefficient (Wildman–Crippen LogP) is 0.972. The molecule has 0 aromatic carbocycles. The van der Waals surface area contributed by atoms with Crippen molar-refractivity contribution in [3.8, 4) is 0 Å². The minimum absolute atomic E-state index is 0.121. The lowest BCUT2D eigenvalue weighted by molar-refractivity contribution is -0.121. The van der Waals surface area contributed by atoms with Gasteiger partial charge >= 0.3 is 0 Å². The first-order chi connectivity index (χ1) is 8.31. The fourth-order valence-electron chi connectivity index (χ4n) is 1.18. The summed E-state index contributed by atoms with van der Waals surface area (Å²) in [6.45, 7) is 5.73. The highest BCUT2D eigenvalue weighted by Crippen LogP contribution is 1.87. The molecule has 1 N–H and O–H groups in total. The molecule has 17 heavy (non-hydrogen) atoms. The summed E-state index contributed by atoms with van der Waals surface area (Å²) in [5, 5.41) is 2.84. The van der Waals surface area contributed by atoms with E-state index in [9.17, 15) is 4.79 Å². The second-order valence-corrected chi connectivity index (χ2v) is 3.67. The lowest BCUT2D eigenvalue weighted by atomic mass is 10.3. The molecule has 0 aliphatic rings. The third-order valence-corrected chi connectivity index (χ3v) is 2.07. The van der Waals surface area contributed by atoms with E-state index in [1.807, 2.05) is 6.92 Å². The molecule has 0 aromatic heterocycles. The van der Waals surface area contributed by atoms with E-state index in [4.69, 9.17) is 14.2 Å². The summed E-state index contributed by atoms with van der Waals surface area (Å²) in [5.41, 5.74) is 0. The van der Waals surface area contributed by atoms with Crippen LogP contribution in [0.15, 0.2) is 0 Å². The normalized spacial score (nSPS) is 10.5. The minimum atomic E-state index is 0.121. The third-order valence-electron chi connectivity index (χ3n) is 2.07. The van der Waals surface area contributed by atoms with Crippen molar-refractivity contribution >= 4 is 5.91 Å². The summed E-state index contributed by atoms with van der Waals surface area (Å²) in [5.74, 6) is 0.121. The van der Waals surface area contributed by atoms with Crippen molar-refractivity contribution in [3.63, 3.8) is 0 Å². The first-order valence-electron chi connectivity index (χ1n) is 6.22. The second-order valence-electron chi connectivity index (χ2n) is 3.67. The Morgan fingerprint density at radius 3 is 2.35 bits per heavy atom. The average molecular weight is 247 g/mol. The highest BCUT2D eigenvalue weighted by Gasteiger charge is 1.97. The Balaban J connectivity index is 3.01. The number of carbonyl (C=O) groups is 1. The van der Waals surface area contributed by atoms with Crippen molar-refractivity contribution in [1.29, 1.82) is 0 Å². The number of carbonyl (C=O) groups excluding carboxylic acids is 1. The molecule has 5 heteroatoms. The summed E-state index contributed by atoms with van der Waals surface area (Å²) in [7, 11) is 1.65. The number of ether oxygens (including phenoxy) is 3. The van der Waals surface area contributed by atoms with Gasteiger partial charge in [-0.3, -0.25) is 4.79 Å². The molecule has 0 aliphatic carbocycles. The van der Waals surface area contributed by atoms with Crippen LogP contribution in [0.5, 0.6) is 0 Å². The van der Waals surface area contributed by atoms with Crippen LogP contribution in [0.1, 0.15) is 26.2 Å². The van der Waals surface area contributed by atoms with E-state index in [2.05, 4.69) is 5.32 Å². The largest absolute Gasteiger partial charge is 0.382 e. The number of rotatable bonds is 12. The zero-order chi connectivity index (χ0) is 12.8. The molecule has 0 fully saturated rings. The molecule has 0 aliphatic heterocycles. The number of nitrogens with one attached hydrogen (secondary N) is 1. The Hall–Kier alpha value is -0.650. The molecular weight excluding hydrogens is 222 g/mol. The van der Waals surface area contributed by atoms with Crippen LogP contribution in [0, 0.1) is 0 Å². The summed E-state index contributed by atoms with van der Waals surface area (Å²) < 4.78 is 15.4. The minimum Gasteiger partial charge on any atom is -0.382 e. The number of hydrogen-bond acceptors (Lipinski definition) is 4. The van der Waals surface area contributed by atoms with E-state index < -0.39 is 0 Å². The quantitative estimate of drug-likeness (QED) is 0.522. The van der Waals surface area contributed by atoms with Crippen molar-refractivity contribution < 1.29 is 19.0 Å². The molecule has 0 heterocycles. The van der Waals surface area contributed by atoms with Crippen LogP contribution in [0.25, 0.3) is 0 Å². The Kier molecular flexibility index (Phi) is 12.9. The van der Waals surface area contributed by atoms with Crippen LogP contribution in [0.2, 0.25) is 0 Å². The fourth-order valence-corrected chi connectivity index (χ4v) is 1.18. The smallest absolute Gasteiger partial charge is 0.219 e. The van der Waals surface area contributed by atoms with Gasteiger partial charge in [-0.2, -0.15) is 0 Å². The van der Waals surface area contributed by atoms with Gasteiger partial charge in [-0.1, -0.05) is 6.92 Å². The molecule has 102 valence electrons. The van der Waals surface area contributed by atoms with E-state index in [0.717, 1.165) is 12.8 Å². The molecular formula is C12H25NO4. The summed E-state index contributed by atoms with van der Waals surface area (Å²) in [6.07, 6.45) is 2.34. The Bertz CT molecular complexity index is 176. The highest BCUT2D eigenvalue weighted by atomic mass is 16.5. The van der Waals surface area contributed by atoms with Crippen LogP contribution < -0.4 is 5.32 Å². The van der Waals surface area contributed by atoms with Gasteiger partial charge in [-0.05, 0) is 12.8 Å². The lowest BCUT2D eigenvalue weighted by Crippen LogP contribution is -2.24. The standard InChI is InChI=1S/C12H25NO4/c1-3-5-12(14)13-6-4-7-16-10-11-17-9-8-15-2/h3-11H2,1-2H3,(H,13,14). The van der Waals surface area contributed by atoms with Crippen LogP contribution in [-0.4, -0.2) is 52.6 Å². The van der Waals surface area contributed by atoms with Crippen molar-refractivity contribution in [2.45, 2.75) is 26.2 Å². The Labute approximate surface area is 104 Å². The van der Waals surface area contributed by atoms with Crippen LogP contribution in [0.3, 0.4) is 0 Å². The van der Waals surface area contributed by atoms with Crippen molar-refractivity contribution in [2.75, 3.05) is 46.7 Å². The molecule has 0 rings (SSSR count). The van der Waals surface area contributed by atoms with Crippen molar-refractivity contribution in [2.24, 2.45) is 0 Å². The van der Waals surface area contributed by atoms with Gasteiger partial charge in [-0.15, -0.1) is 0 Å². The summed E-state index contributed by atoms with van der Waals surface area (Å²) in [4.78, 5) is 11.1. The maximum atomic E-state index is 11.1. The number of methoxy groups -OCH3 is 1. The van der Waals surface area contributed by atoms with Crippen molar-refractivity contribution in [3.05, 3.63) is 0 Å². The molecule has 0 saturated carbocycles. The zero-order valence-corrected chi connectivity index (χ0v) is 11.0. The molecule has 0 bridgehead atoms. The van der Waals surface area contributed by atoms with E-state index >= 15 is 0 Å². The van der Waals surface area contributed by atoms with E-state index in [-0.39, 0.29) is 5.91 Å². The monoisotopic (exact) mass is 247 g/mol. The lowest BCUT2D eigenvalue weighted by Gasteiger charge is -2.06. The van der Waals surface area contributed by atoms with Gasteiger partial charge in [0, 0.05) is 26.7 Å². The van der Waals surface area contributed by atoms with Crippen LogP contribution in [-0.2, 0) is 19.0 Å². The topological polar surface area (TPSA) is 56.8 Å². The van der Waals surface area contributed by atoms with Gasteiger partial charge in [-0.25, -0.2) is 0 Å². The molecule has 0 unspecified atom stereocenters. The highest BCUT2D eigenvalue weighted by molar-refractivity contribution is 5.75. The van der Waals surface area contributed by atoms with Gasteiger partial charge in [0.15, 0.2) is 0 Å². The molecule has 0 radical (unpaired) electrons. The van der Waals surface area contributed by atoms with Crippen molar-refractivity contribution in [1.82, 2.24) is 5.32 Å². The second kappa shape index (κ2) is 13.4. The molecule has 0 atom stereocenters. The van der Waals surface area contributed by atoms with E-state index in [1.54, 1.807) is 7.11 Å². The first kappa shape index (κ1) is 16.4. The van der Waals surface area contributed by atoms with E-state index in [0.29, 0.717) is 46.0 Å². The Morgan fingerprint density at radius 2 is 1.71 bits per heavy atom. The molecule has 0 saturated heterocycles. The zero-order valence-electron chi connectivity index (χ0n) is 11.0. The van der Waals surface area contributed by atoms with Gasteiger partial charge < -0.3 is 19.5 Å². The van der Waals surface area contributed by atoms with Gasteiger partial charge in [0.25, 0.3) is 0 Å². The fraction of sp³-hybridized carbons (Fsp3) is 0.917. The number of hydrogen-bond donors (Lipinski definition) is 1. The maximum Gasteiger partial charge on any atom is 0.219 e. The third kappa shape index (κ3) is 13.3. The predicted molar refractivity (Wildman–Crippen MR) is 66.0 cm³/mol. The molecule has 0 aromatic rings. The van der Waals surface area contributed by atoms with Gasteiger partial charge in [0.1, 0.15) is 0 Å². The molecule has 1 amide bonds. The summed E-state index contributed by atoms with van der Waals surface area (Å²) >= 11 is 0. The summed E-state index contributed by atoms with van der Waals surface area (Å²) in [6, 6.07) is 0. The van der Waals surface area contributed by atoms with Gasteiger partial charge in [0.05, 0.1) is 26.4 Å². The molecule has 5 nitrogen and oxygen atoms in total. The van der Waals surface area contributed by atoms with Crippen LogP contribution in [0.4, 0.5) is 0 Å². The van der Waals surface area contributed by atoms with E-state index in [1.165, 1.54) is 0 Å². The van der Waals surface area contributed by atoms with Gasteiger partial charge in [0.2, 0.25) is 5.91 Å². The maximum absolute atomic E-state index is 11.1. The number of amides is 1. The SMILES string of the molecule is CCCC(=O)NCCCOCCOCCOC. The first-order valence-corrected chi connectivity index (χ1v) is 6.22. The molecule has 0 spiro atoms.